The van der Waals surface area contributed by atoms with Crippen LogP contribution >= 0.6 is 0 Å². The number of rotatable bonds is 7. The Morgan fingerprint density at radius 3 is 2.47 bits per heavy atom. The maximum atomic E-state index is 11.4. The summed E-state index contributed by atoms with van der Waals surface area (Å²) in [6.07, 6.45) is -0.559. The lowest BCUT2D eigenvalue weighted by atomic mass is 9.96. The molecule has 0 rings (SSSR count). The summed E-state index contributed by atoms with van der Waals surface area (Å²) in [6.45, 7) is 4.27. The lowest BCUT2D eigenvalue weighted by Crippen LogP contribution is -2.38. The molecule has 0 amide bonds. The fourth-order valence-corrected chi connectivity index (χ4v) is 1.00. The van der Waals surface area contributed by atoms with E-state index in [4.69, 9.17) is 10.8 Å². The first-order valence-electron chi connectivity index (χ1n) is 4.34. The lowest BCUT2D eigenvalue weighted by molar-refractivity contribution is -0.139. The molecule has 0 unspecified atom stereocenters. The van der Waals surface area contributed by atoms with Crippen LogP contribution < -0.4 is 5.73 Å². The quantitative estimate of drug-likeness (QED) is 0.600. The van der Waals surface area contributed by atoms with Crippen LogP contribution in [0.15, 0.2) is 0 Å². The van der Waals surface area contributed by atoms with Crippen LogP contribution in [0.2, 0.25) is 0 Å². The van der Waals surface area contributed by atoms with Gasteiger partial charge in [0.25, 0.3) is 0 Å². The molecule has 0 spiro atoms. The van der Waals surface area contributed by atoms with Gasteiger partial charge in [0.05, 0.1) is 12.5 Å². The Bertz CT molecular complexity index is 261. The van der Waals surface area contributed by atoms with Gasteiger partial charge in [-0.2, -0.15) is 0 Å². The Morgan fingerprint density at radius 2 is 2.07 bits per heavy atom. The number of hydrogen-bond donors (Lipinski definition) is 2. The molecular weight excluding hydrogens is 202 g/mol. The standard InChI is InChI=1S/C9H14NO5/c1-9(2,15-5-11)4-7(12)6(10)3-8(13)14/h6H,3-4,10H2,1-2H3,(H,13,14)/t6-/m0/s1. The normalized spacial score (nSPS) is 13.0. The summed E-state index contributed by atoms with van der Waals surface area (Å²) in [5.74, 6) is -1.60. The Balaban J connectivity index is 4.23. The minimum atomic E-state index is -1.14. The molecule has 0 fully saturated rings. The molecule has 0 aromatic heterocycles. The highest BCUT2D eigenvalue weighted by Gasteiger charge is 2.27. The van der Waals surface area contributed by atoms with E-state index in [2.05, 4.69) is 4.74 Å². The number of ether oxygens (including phenoxy) is 1. The molecule has 1 atom stereocenters. The van der Waals surface area contributed by atoms with Crippen LogP contribution in [-0.2, 0) is 19.1 Å². The van der Waals surface area contributed by atoms with Gasteiger partial charge in [-0.05, 0) is 13.8 Å². The average Bonchev–Trinajstić information content (AvgIpc) is 2.01. The zero-order valence-electron chi connectivity index (χ0n) is 8.65. The van der Waals surface area contributed by atoms with Crippen molar-refractivity contribution in [1.82, 2.24) is 0 Å². The maximum Gasteiger partial charge on any atom is 0.418 e. The third kappa shape index (κ3) is 5.79. The third-order valence-electron chi connectivity index (χ3n) is 1.73. The number of carboxylic acid groups (broad SMARTS) is 1. The zero-order chi connectivity index (χ0) is 12.1. The van der Waals surface area contributed by atoms with E-state index in [1.807, 2.05) is 0 Å². The lowest BCUT2D eigenvalue weighted by Gasteiger charge is -2.22. The number of aliphatic carboxylic acids is 1. The van der Waals surface area contributed by atoms with Crippen molar-refractivity contribution in [2.75, 3.05) is 0 Å². The molecule has 0 bridgehead atoms. The maximum absolute atomic E-state index is 11.4. The van der Waals surface area contributed by atoms with Crippen molar-refractivity contribution in [1.29, 1.82) is 0 Å². The van der Waals surface area contributed by atoms with E-state index in [0.717, 1.165) is 0 Å². The zero-order valence-corrected chi connectivity index (χ0v) is 8.65. The van der Waals surface area contributed by atoms with E-state index >= 15 is 0 Å². The minimum absolute atomic E-state index is 0.128. The van der Waals surface area contributed by atoms with E-state index in [-0.39, 0.29) is 6.42 Å². The molecule has 6 heteroatoms. The fraction of sp³-hybridized carbons (Fsp3) is 0.667. The van der Waals surface area contributed by atoms with E-state index in [1.54, 1.807) is 0 Å². The number of nitrogens with two attached hydrogens (primary N) is 1. The molecular formula is C9H14NO5. The van der Waals surface area contributed by atoms with Gasteiger partial charge >= 0.3 is 12.4 Å². The van der Waals surface area contributed by atoms with Crippen LogP contribution in [0.1, 0.15) is 26.7 Å². The first-order valence-corrected chi connectivity index (χ1v) is 4.34. The molecule has 85 valence electrons. The summed E-state index contributed by atoms with van der Waals surface area (Å²) in [5.41, 5.74) is 4.33. The Morgan fingerprint density at radius 1 is 1.53 bits per heavy atom. The molecule has 0 saturated carbocycles. The summed E-state index contributed by atoms with van der Waals surface area (Å²) in [5, 5.41) is 8.41. The van der Waals surface area contributed by atoms with Gasteiger partial charge in [-0.1, -0.05) is 0 Å². The number of carboxylic acids is 1. The number of hydrogen-bond acceptors (Lipinski definition) is 5. The molecule has 0 aliphatic heterocycles. The molecule has 1 radical (unpaired) electrons. The topological polar surface area (TPSA) is 107 Å². The van der Waals surface area contributed by atoms with Crippen molar-refractivity contribution in [2.45, 2.75) is 38.3 Å². The molecule has 0 aliphatic carbocycles. The van der Waals surface area contributed by atoms with Gasteiger partial charge in [0.15, 0.2) is 5.78 Å². The predicted octanol–water partition coefficient (Wildman–Crippen LogP) is -0.390. The molecule has 0 saturated heterocycles. The highest BCUT2D eigenvalue weighted by molar-refractivity contribution is 5.88. The highest BCUT2D eigenvalue weighted by atomic mass is 16.5. The van der Waals surface area contributed by atoms with Crippen molar-refractivity contribution in [2.24, 2.45) is 5.73 Å². The van der Waals surface area contributed by atoms with Gasteiger partial charge in [0.2, 0.25) is 0 Å². The second-order valence-corrected chi connectivity index (χ2v) is 3.79. The summed E-state index contributed by atoms with van der Waals surface area (Å²) < 4.78 is 4.53. The van der Waals surface area contributed by atoms with E-state index in [1.165, 1.54) is 20.3 Å². The highest BCUT2D eigenvalue weighted by Crippen LogP contribution is 2.14. The van der Waals surface area contributed by atoms with Crippen LogP contribution in [0, 0.1) is 0 Å². The van der Waals surface area contributed by atoms with Crippen LogP contribution in [0.25, 0.3) is 0 Å². The van der Waals surface area contributed by atoms with Crippen molar-refractivity contribution in [3.05, 3.63) is 0 Å². The summed E-state index contributed by atoms with van der Waals surface area (Å²) in [6, 6.07) is -1.07. The Kier molecular flexibility index (Phi) is 4.93. The van der Waals surface area contributed by atoms with E-state index in [0.29, 0.717) is 0 Å². The van der Waals surface area contributed by atoms with Crippen molar-refractivity contribution >= 4 is 18.2 Å². The molecule has 3 N–H and O–H groups in total. The minimum Gasteiger partial charge on any atom is -0.481 e. The first-order chi connectivity index (χ1) is 6.78. The van der Waals surface area contributed by atoms with Gasteiger partial charge in [-0.25, -0.2) is 4.79 Å². The Labute approximate surface area is 87.4 Å². The van der Waals surface area contributed by atoms with Gasteiger partial charge in [0, 0.05) is 6.42 Å². The summed E-state index contributed by atoms with van der Waals surface area (Å²) in [4.78, 5) is 31.6. The Hall–Kier alpha value is -1.43. The smallest absolute Gasteiger partial charge is 0.418 e. The third-order valence-corrected chi connectivity index (χ3v) is 1.73. The van der Waals surface area contributed by atoms with Gasteiger partial charge in [-0.15, -0.1) is 0 Å². The molecule has 0 aliphatic rings. The predicted molar refractivity (Wildman–Crippen MR) is 50.7 cm³/mol. The number of carbonyl (C=O) groups excluding carboxylic acids is 2. The fourth-order valence-electron chi connectivity index (χ4n) is 1.00. The second kappa shape index (κ2) is 5.45. The SMILES string of the molecule is CC(C)(CC(=O)[C@@H](N)CC(=O)O)O[C]=O. The summed E-state index contributed by atoms with van der Waals surface area (Å²) >= 11 is 0. The van der Waals surface area contributed by atoms with E-state index < -0.39 is 29.8 Å². The van der Waals surface area contributed by atoms with Crippen molar-refractivity contribution in [3.63, 3.8) is 0 Å². The van der Waals surface area contributed by atoms with Crippen molar-refractivity contribution in [3.8, 4) is 0 Å². The van der Waals surface area contributed by atoms with Crippen LogP contribution in [-0.4, -0.2) is 35.0 Å². The van der Waals surface area contributed by atoms with Crippen molar-refractivity contribution < 1.29 is 24.2 Å². The monoisotopic (exact) mass is 216 g/mol. The number of Topliss-reactive ketones (excluding diaryl/α,β-unsaturated/α-hetero) is 1. The summed E-state index contributed by atoms with van der Waals surface area (Å²) in [7, 11) is 0. The number of carbonyl (C=O) groups is 2. The van der Waals surface area contributed by atoms with Gasteiger partial charge in [-0.3, -0.25) is 9.59 Å². The second-order valence-electron chi connectivity index (χ2n) is 3.79. The molecule has 6 nitrogen and oxygen atoms in total. The van der Waals surface area contributed by atoms with Gasteiger partial charge < -0.3 is 15.6 Å². The molecule has 0 heterocycles. The largest absolute Gasteiger partial charge is 0.481 e. The molecule has 15 heavy (non-hydrogen) atoms. The van der Waals surface area contributed by atoms with E-state index in [9.17, 15) is 14.4 Å². The van der Waals surface area contributed by atoms with Crippen LogP contribution in [0.3, 0.4) is 0 Å². The molecule has 0 aromatic carbocycles. The van der Waals surface area contributed by atoms with Gasteiger partial charge in [0.1, 0.15) is 5.60 Å². The average molecular weight is 216 g/mol. The van der Waals surface area contributed by atoms with Crippen LogP contribution in [0.5, 0.6) is 0 Å². The van der Waals surface area contributed by atoms with Crippen LogP contribution in [0.4, 0.5) is 0 Å². The first kappa shape index (κ1) is 13.6. The number of ketones is 1. The molecule has 0 aromatic rings.